The molecule has 2 rings (SSSR count). The van der Waals surface area contributed by atoms with E-state index in [0.29, 0.717) is 27.6 Å². The van der Waals surface area contributed by atoms with Gasteiger partial charge in [-0.05, 0) is 63.2 Å². The molecule has 1 aromatic carbocycles. The number of likely N-dealkylation sites (N-methyl/N-ethyl adjacent to an activating group) is 2. The molecule has 0 atom stereocenters. The SMILES string of the molecule is CCN(CC)CCOCCN(CC)c1ccc(N=Nc2sc(C#N)c(C)c2C#N)c(C)c1. The van der Waals surface area contributed by atoms with Gasteiger partial charge in [-0.3, -0.25) is 0 Å². The summed E-state index contributed by atoms with van der Waals surface area (Å²) in [6, 6.07) is 10.3. The van der Waals surface area contributed by atoms with Crippen LogP contribution >= 0.6 is 11.3 Å². The van der Waals surface area contributed by atoms with Gasteiger partial charge in [0.25, 0.3) is 0 Å². The topological polar surface area (TPSA) is 88.0 Å². The molecule has 0 aliphatic carbocycles. The predicted octanol–water partition coefficient (Wildman–Crippen LogP) is 5.71. The molecule has 0 N–H and O–H groups in total. The lowest BCUT2D eigenvalue weighted by Gasteiger charge is -2.24. The van der Waals surface area contributed by atoms with Gasteiger partial charge >= 0.3 is 0 Å². The van der Waals surface area contributed by atoms with Crippen LogP contribution in [0.3, 0.4) is 0 Å². The zero-order chi connectivity index (χ0) is 23.5. The number of hydrogen-bond donors (Lipinski definition) is 0. The van der Waals surface area contributed by atoms with Crippen molar-refractivity contribution in [1.29, 1.82) is 10.5 Å². The molecule has 0 fully saturated rings. The lowest BCUT2D eigenvalue weighted by Crippen LogP contribution is -2.30. The van der Waals surface area contributed by atoms with Crippen molar-refractivity contribution >= 4 is 27.7 Å². The minimum absolute atomic E-state index is 0.419. The molecule has 0 aliphatic rings. The molecule has 32 heavy (non-hydrogen) atoms. The second kappa shape index (κ2) is 12.9. The number of benzene rings is 1. The van der Waals surface area contributed by atoms with E-state index in [1.165, 1.54) is 11.3 Å². The van der Waals surface area contributed by atoms with Crippen molar-refractivity contribution in [1.82, 2.24) is 4.90 Å². The number of nitrogens with zero attached hydrogens (tertiary/aromatic N) is 6. The van der Waals surface area contributed by atoms with Gasteiger partial charge in [-0.15, -0.1) is 21.6 Å². The number of thiophene rings is 1. The number of rotatable bonds is 12. The lowest BCUT2D eigenvalue weighted by molar-refractivity contribution is 0.112. The van der Waals surface area contributed by atoms with Gasteiger partial charge < -0.3 is 14.5 Å². The highest BCUT2D eigenvalue weighted by Gasteiger charge is 2.14. The Labute approximate surface area is 195 Å². The van der Waals surface area contributed by atoms with Gasteiger partial charge in [-0.25, -0.2) is 0 Å². The van der Waals surface area contributed by atoms with Crippen molar-refractivity contribution in [2.24, 2.45) is 10.2 Å². The van der Waals surface area contributed by atoms with Crippen molar-refractivity contribution in [3.63, 3.8) is 0 Å². The Morgan fingerprint density at radius 1 is 0.969 bits per heavy atom. The maximum Gasteiger partial charge on any atom is 0.158 e. The van der Waals surface area contributed by atoms with Crippen molar-refractivity contribution in [2.75, 3.05) is 50.8 Å². The Balaban J connectivity index is 2.02. The second-order valence-electron chi connectivity index (χ2n) is 7.35. The van der Waals surface area contributed by atoms with Crippen molar-refractivity contribution in [2.45, 2.75) is 34.6 Å². The van der Waals surface area contributed by atoms with Crippen LogP contribution < -0.4 is 4.90 Å². The summed E-state index contributed by atoms with van der Waals surface area (Å²) in [5.41, 5.74) is 3.95. The fourth-order valence-electron chi connectivity index (χ4n) is 3.33. The first kappa shape index (κ1) is 25.5. The van der Waals surface area contributed by atoms with Crippen LogP contribution in [0.15, 0.2) is 28.4 Å². The predicted molar refractivity (Wildman–Crippen MR) is 130 cm³/mol. The molecule has 0 bridgehead atoms. The summed E-state index contributed by atoms with van der Waals surface area (Å²) in [4.78, 5) is 5.13. The molecule has 0 aliphatic heterocycles. The van der Waals surface area contributed by atoms with Crippen LogP contribution in [0.1, 0.15) is 42.3 Å². The smallest absolute Gasteiger partial charge is 0.158 e. The van der Waals surface area contributed by atoms with Gasteiger partial charge in [0.2, 0.25) is 0 Å². The Morgan fingerprint density at radius 3 is 2.28 bits per heavy atom. The van der Waals surface area contributed by atoms with Gasteiger partial charge in [0.15, 0.2) is 5.00 Å². The number of nitriles is 2. The summed E-state index contributed by atoms with van der Waals surface area (Å²) in [6.07, 6.45) is 0. The minimum atomic E-state index is 0.419. The Kier molecular flexibility index (Phi) is 10.3. The maximum atomic E-state index is 9.37. The highest BCUT2D eigenvalue weighted by molar-refractivity contribution is 7.16. The van der Waals surface area contributed by atoms with Gasteiger partial charge in [-0.2, -0.15) is 10.5 Å². The molecular formula is C24H32N6OS. The molecule has 1 heterocycles. The third-order valence-electron chi connectivity index (χ3n) is 5.47. The lowest BCUT2D eigenvalue weighted by atomic mass is 10.1. The molecule has 0 radical (unpaired) electrons. The quantitative estimate of drug-likeness (QED) is 0.304. The van der Waals surface area contributed by atoms with E-state index in [2.05, 4.69) is 59.0 Å². The highest BCUT2D eigenvalue weighted by atomic mass is 32.1. The molecule has 2 aromatic rings. The molecule has 0 amide bonds. The number of azo groups is 1. The van der Waals surface area contributed by atoms with Gasteiger partial charge in [0, 0.05) is 25.3 Å². The molecule has 7 nitrogen and oxygen atoms in total. The summed E-state index contributed by atoms with van der Waals surface area (Å²) >= 11 is 1.20. The molecular weight excluding hydrogens is 420 g/mol. The first-order chi connectivity index (χ1) is 15.5. The zero-order valence-corrected chi connectivity index (χ0v) is 20.5. The second-order valence-corrected chi connectivity index (χ2v) is 8.35. The van der Waals surface area contributed by atoms with Gasteiger partial charge in [0.05, 0.1) is 24.5 Å². The average Bonchev–Trinajstić information content (AvgIpc) is 3.12. The zero-order valence-electron chi connectivity index (χ0n) is 19.7. The van der Waals surface area contributed by atoms with Gasteiger partial charge in [-0.1, -0.05) is 13.8 Å². The summed E-state index contributed by atoms with van der Waals surface area (Å²) in [6.45, 7) is 16.4. The Bertz CT molecular complexity index is 997. The third kappa shape index (κ3) is 6.61. The van der Waals surface area contributed by atoms with E-state index in [1.807, 2.05) is 19.1 Å². The maximum absolute atomic E-state index is 9.37. The largest absolute Gasteiger partial charge is 0.378 e. The summed E-state index contributed by atoms with van der Waals surface area (Å²) in [5, 5.41) is 27.6. The van der Waals surface area contributed by atoms with E-state index in [4.69, 9.17) is 4.74 Å². The monoisotopic (exact) mass is 452 g/mol. The molecule has 0 spiro atoms. The first-order valence-electron chi connectivity index (χ1n) is 11.0. The number of ether oxygens (including phenoxy) is 1. The van der Waals surface area contributed by atoms with E-state index in [-0.39, 0.29) is 0 Å². The summed E-state index contributed by atoms with van der Waals surface area (Å²) in [7, 11) is 0. The molecule has 0 unspecified atom stereocenters. The Hall–Kier alpha value is -2.78. The van der Waals surface area contributed by atoms with E-state index >= 15 is 0 Å². The fourth-order valence-corrected chi connectivity index (χ4v) is 4.21. The van der Waals surface area contributed by atoms with Crippen molar-refractivity contribution in [3.8, 4) is 12.1 Å². The third-order valence-corrected chi connectivity index (χ3v) is 6.55. The molecule has 170 valence electrons. The summed E-state index contributed by atoms with van der Waals surface area (Å²) < 4.78 is 5.84. The number of hydrogen-bond acceptors (Lipinski definition) is 8. The van der Waals surface area contributed by atoms with Crippen LogP contribution in [0, 0.1) is 36.5 Å². The van der Waals surface area contributed by atoms with E-state index in [1.54, 1.807) is 6.92 Å². The standard InChI is InChI=1S/C24H32N6OS/c1-6-29(7-2)11-13-31-14-12-30(8-3)20-9-10-22(18(4)15-20)27-28-24-21(16-25)19(5)23(17-26)32-24/h9-10,15H,6-8,11-14H2,1-5H3. The van der Waals surface area contributed by atoms with Gasteiger partial charge in [0.1, 0.15) is 17.0 Å². The highest BCUT2D eigenvalue weighted by Crippen LogP contribution is 2.36. The summed E-state index contributed by atoms with van der Waals surface area (Å²) in [5.74, 6) is 0. The van der Waals surface area contributed by atoms with E-state index < -0.39 is 0 Å². The van der Waals surface area contributed by atoms with Crippen LogP contribution in [0.25, 0.3) is 0 Å². The van der Waals surface area contributed by atoms with Crippen LogP contribution in [-0.4, -0.2) is 50.8 Å². The number of aryl methyl sites for hydroxylation is 1. The van der Waals surface area contributed by atoms with Crippen LogP contribution in [0.5, 0.6) is 0 Å². The van der Waals surface area contributed by atoms with E-state index in [0.717, 1.165) is 56.3 Å². The normalized spacial score (nSPS) is 11.1. The van der Waals surface area contributed by atoms with Crippen LogP contribution in [0.2, 0.25) is 0 Å². The molecule has 0 saturated heterocycles. The molecule has 8 heteroatoms. The molecule has 1 aromatic heterocycles. The van der Waals surface area contributed by atoms with Crippen molar-refractivity contribution < 1.29 is 4.74 Å². The van der Waals surface area contributed by atoms with Crippen LogP contribution in [0.4, 0.5) is 16.4 Å². The van der Waals surface area contributed by atoms with Crippen molar-refractivity contribution in [3.05, 3.63) is 39.8 Å². The van der Waals surface area contributed by atoms with E-state index in [9.17, 15) is 10.5 Å². The first-order valence-corrected chi connectivity index (χ1v) is 11.8. The number of anilines is 1. The average molecular weight is 453 g/mol. The fraction of sp³-hybridized carbons (Fsp3) is 0.500. The van der Waals surface area contributed by atoms with Crippen LogP contribution in [-0.2, 0) is 4.74 Å². The molecule has 0 saturated carbocycles. The minimum Gasteiger partial charge on any atom is -0.378 e. The Morgan fingerprint density at radius 2 is 1.69 bits per heavy atom.